The fraction of sp³-hybridized carbons (Fsp3) is 0.250. The lowest BCUT2D eigenvalue weighted by Crippen LogP contribution is -2.08. The minimum absolute atomic E-state index is 0.0964. The zero-order valence-electron chi connectivity index (χ0n) is 10.8. The van der Waals surface area contributed by atoms with Gasteiger partial charge in [0, 0.05) is 17.5 Å². The van der Waals surface area contributed by atoms with Gasteiger partial charge in [-0.25, -0.2) is 17.4 Å². The van der Waals surface area contributed by atoms with Crippen molar-refractivity contribution in [1.29, 1.82) is 0 Å². The van der Waals surface area contributed by atoms with Gasteiger partial charge in [0.25, 0.3) is 0 Å². The molecular formula is C12H13N3O3S. The van der Waals surface area contributed by atoms with Crippen molar-refractivity contribution in [2.45, 2.75) is 13.8 Å². The summed E-state index contributed by atoms with van der Waals surface area (Å²) in [7, 11) is -3.43. The third-order valence-electron chi connectivity index (χ3n) is 2.88. The molecule has 0 aromatic carbocycles. The van der Waals surface area contributed by atoms with E-state index in [1.54, 1.807) is 26.1 Å². The minimum atomic E-state index is -3.43. The van der Waals surface area contributed by atoms with Crippen LogP contribution in [0.1, 0.15) is 27.3 Å². The molecular weight excluding hydrogens is 266 g/mol. The normalized spacial score (nSPS) is 11.5. The van der Waals surface area contributed by atoms with Crippen LogP contribution in [0.4, 0.5) is 0 Å². The van der Waals surface area contributed by atoms with Crippen LogP contribution >= 0.6 is 0 Å². The van der Waals surface area contributed by atoms with Crippen LogP contribution in [0.2, 0.25) is 0 Å². The molecule has 2 aromatic rings. The molecule has 0 N–H and O–H groups in total. The van der Waals surface area contributed by atoms with Crippen molar-refractivity contribution < 1.29 is 13.2 Å². The third kappa shape index (κ3) is 2.55. The summed E-state index contributed by atoms with van der Waals surface area (Å²) in [4.78, 5) is 20.2. The molecule has 0 aliphatic rings. The standard InChI is InChI=1S/C12H13N3O3S/c1-8-9(2)13-5-4-10(8)12(16)11-6-15(7-14-11)19(3,17)18/h4-7H,1-3H3. The Morgan fingerprint density at radius 1 is 1.26 bits per heavy atom. The lowest BCUT2D eigenvalue weighted by molar-refractivity contribution is 0.103. The summed E-state index contributed by atoms with van der Waals surface area (Å²) in [5, 5.41) is 0. The van der Waals surface area contributed by atoms with Crippen molar-refractivity contribution in [3.8, 4) is 0 Å². The van der Waals surface area contributed by atoms with E-state index in [2.05, 4.69) is 9.97 Å². The number of carbonyl (C=O) groups excluding carboxylic acids is 1. The highest BCUT2D eigenvalue weighted by atomic mass is 32.2. The van der Waals surface area contributed by atoms with Gasteiger partial charge in [-0.15, -0.1) is 0 Å². The molecule has 0 aliphatic carbocycles. The van der Waals surface area contributed by atoms with E-state index in [-0.39, 0.29) is 11.5 Å². The Morgan fingerprint density at radius 3 is 2.53 bits per heavy atom. The summed E-state index contributed by atoms with van der Waals surface area (Å²) < 4.78 is 23.6. The first-order valence-electron chi connectivity index (χ1n) is 5.52. The number of rotatable bonds is 3. The second-order valence-corrected chi connectivity index (χ2v) is 6.14. The predicted octanol–water partition coefficient (Wildman–Crippen LogP) is 0.934. The highest BCUT2D eigenvalue weighted by Gasteiger charge is 2.17. The number of hydrogen-bond donors (Lipinski definition) is 0. The molecule has 0 amide bonds. The van der Waals surface area contributed by atoms with Gasteiger partial charge in [0.05, 0.1) is 12.5 Å². The minimum Gasteiger partial charge on any atom is -0.287 e. The maximum absolute atomic E-state index is 12.3. The van der Waals surface area contributed by atoms with Crippen LogP contribution in [0.5, 0.6) is 0 Å². The highest BCUT2D eigenvalue weighted by molar-refractivity contribution is 7.89. The predicted molar refractivity (Wildman–Crippen MR) is 69.6 cm³/mol. The number of imidazole rings is 1. The van der Waals surface area contributed by atoms with Crippen molar-refractivity contribution >= 4 is 15.8 Å². The van der Waals surface area contributed by atoms with Gasteiger partial charge in [-0.1, -0.05) is 0 Å². The Bertz CT molecular complexity index is 747. The summed E-state index contributed by atoms with van der Waals surface area (Å²) >= 11 is 0. The molecule has 0 aliphatic heterocycles. The zero-order chi connectivity index (χ0) is 14.2. The average molecular weight is 279 g/mol. The summed E-state index contributed by atoms with van der Waals surface area (Å²) in [5.41, 5.74) is 2.10. The topological polar surface area (TPSA) is 81.9 Å². The van der Waals surface area contributed by atoms with Gasteiger partial charge in [0.15, 0.2) is 0 Å². The molecule has 100 valence electrons. The van der Waals surface area contributed by atoms with Crippen molar-refractivity contribution in [2.24, 2.45) is 0 Å². The Hall–Kier alpha value is -2.02. The number of carbonyl (C=O) groups is 1. The van der Waals surface area contributed by atoms with Crippen molar-refractivity contribution in [2.75, 3.05) is 6.26 Å². The molecule has 19 heavy (non-hydrogen) atoms. The molecule has 0 unspecified atom stereocenters. The number of hydrogen-bond acceptors (Lipinski definition) is 5. The lowest BCUT2D eigenvalue weighted by atomic mass is 10.0. The number of nitrogens with zero attached hydrogens (tertiary/aromatic N) is 3. The summed E-state index contributed by atoms with van der Waals surface area (Å²) in [6, 6.07) is 1.60. The summed E-state index contributed by atoms with van der Waals surface area (Å²) in [5.74, 6) is -0.314. The number of aryl methyl sites for hydroxylation is 1. The van der Waals surface area contributed by atoms with E-state index in [9.17, 15) is 13.2 Å². The Balaban J connectivity index is 2.45. The van der Waals surface area contributed by atoms with Crippen LogP contribution in [0.15, 0.2) is 24.8 Å². The Kier molecular flexibility index (Phi) is 3.23. The fourth-order valence-corrected chi connectivity index (χ4v) is 2.14. The van der Waals surface area contributed by atoms with Crippen molar-refractivity contribution in [1.82, 2.24) is 13.9 Å². The summed E-state index contributed by atoms with van der Waals surface area (Å²) in [6.45, 7) is 3.60. The van der Waals surface area contributed by atoms with E-state index in [0.717, 1.165) is 27.8 Å². The average Bonchev–Trinajstić information content (AvgIpc) is 2.81. The van der Waals surface area contributed by atoms with Gasteiger partial charge in [0.1, 0.15) is 12.0 Å². The van der Waals surface area contributed by atoms with Gasteiger partial charge in [-0.2, -0.15) is 0 Å². The molecule has 7 heteroatoms. The van der Waals surface area contributed by atoms with Crippen molar-refractivity contribution in [3.05, 3.63) is 47.3 Å². The molecule has 2 rings (SSSR count). The Labute approximate surface area is 111 Å². The monoisotopic (exact) mass is 279 g/mol. The maximum Gasteiger partial charge on any atom is 0.236 e. The van der Waals surface area contributed by atoms with Gasteiger partial charge in [0.2, 0.25) is 15.8 Å². The van der Waals surface area contributed by atoms with Crippen LogP contribution in [0.3, 0.4) is 0 Å². The first kappa shape index (κ1) is 13.4. The van der Waals surface area contributed by atoms with Crippen LogP contribution in [-0.2, 0) is 10.0 Å². The smallest absolute Gasteiger partial charge is 0.236 e. The molecule has 2 aromatic heterocycles. The molecule has 6 nitrogen and oxygen atoms in total. The largest absolute Gasteiger partial charge is 0.287 e. The van der Waals surface area contributed by atoms with Gasteiger partial charge < -0.3 is 0 Å². The SMILES string of the molecule is Cc1nccc(C(=O)c2cn(S(C)(=O)=O)cn2)c1C. The quantitative estimate of drug-likeness (QED) is 0.781. The molecule has 0 saturated heterocycles. The second-order valence-electron chi connectivity index (χ2n) is 4.25. The lowest BCUT2D eigenvalue weighted by Gasteiger charge is -2.04. The Morgan fingerprint density at radius 2 is 1.95 bits per heavy atom. The molecule has 0 atom stereocenters. The first-order chi connectivity index (χ1) is 8.80. The van der Waals surface area contributed by atoms with Crippen molar-refractivity contribution in [3.63, 3.8) is 0 Å². The van der Waals surface area contributed by atoms with Crippen LogP contribution in [0, 0.1) is 13.8 Å². The molecule has 0 radical (unpaired) electrons. The molecule has 0 bridgehead atoms. The summed E-state index contributed by atoms with van der Waals surface area (Å²) in [6.07, 6.45) is 4.92. The third-order valence-corrected chi connectivity index (χ3v) is 3.84. The van der Waals surface area contributed by atoms with Gasteiger partial charge in [-0.05, 0) is 25.5 Å². The van der Waals surface area contributed by atoms with Crippen LogP contribution in [-0.4, -0.2) is 34.4 Å². The molecule has 2 heterocycles. The van der Waals surface area contributed by atoms with E-state index in [1.165, 1.54) is 6.20 Å². The first-order valence-corrected chi connectivity index (χ1v) is 7.37. The van der Waals surface area contributed by atoms with E-state index >= 15 is 0 Å². The molecule has 0 spiro atoms. The van der Waals surface area contributed by atoms with E-state index < -0.39 is 10.0 Å². The number of ketones is 1. The maximum atomic E-state index is 12.3. The van der Waals surface area contributed by atoms with Crippen LogP contribution in [0.25, 0.3) is 0 Å². The molecule has 0 saturated carbocycles. The van der Waals surface area contributed by atoms with E-state index in [0.29, 0.717) is 5.56 Å². The fourth-order valence-electron chi connectivity index (χ4n) is 1.63. The van der Waals surface area contributed by atoms with Gasteiger partial charge >= 0.3 is 0 Å². The van der Waals surface area contributed by atoms with Gasteiger partial charge in [-0.3, -0.25) is 9.78 Å². The van der Waals surface area contributed by atoms with Crippen LogP contribution < -0.4 is 0 Å². The number of pyridine rings is 1. The zero-order valence-corrected chi connectivity index (χ0v) is 11.6. The number of aromatic nitrogens is 3. The molecule has 0 fully saturated rings. The van der Waals surface area contributed by atoms with E-state index in [4.69, 9.17) is 0 Å². The van der Waals surface area contributed by atoms with E-state index in [1.807, 2.05) is 0 Å². The second kappa shape index (κ2) is 4.58. The highest BCUT2D eigenvalue weighted by Crippen LogP contribution is 2.14.